The number of rotatable bonds is 8. The van der Waals surface area contributed by atoms with Gasteiger partial charge in [-0.25, -0.2) is 4.79 Å². The molecule has 5 nitrogen and oxygen atoms in total. The van der Waals surface area contributed by atoms with Crippen molar-refractivity contribution in [1.82, 2.24) is 0 Å². The van der Waals surface area contributed by atoms with Gasteiger partial charge in [-0.3, -0.25) is 4.79 Å². The van der Waals surface area contributed by atoms with E-state index in [4.69, 9.17) is 0 Å². The SMILES string of the molecule is COC(=O)c1ccc(/C=C2\C(=O)C(Br)=C[C@]2(O)[C@H](O)CCCCc2ccccc2)cc1. The number of benzene rings is 2. The number of allylic oxidation sites excluding steroid dienone is 1. The van der Waals surface area contributed by atoms with Crippen molar-refractivity contribution in [2.24, 2.45) is 0 Å². The molecule has 0 heterocycles. The van der Waals surface area contributed by atoms with Gasteiger partial charge in [-0.1, -0.05) is 48.9 Å². The van der Waals surface area contributed by atoms with E-state index >= 15 is 0 Å². The second-order valence-electron chi connectivity index (χ2n) is 7.57. The fourth-order valence-corrected chi connectivity index (χ4v) is 4.20. The molecular formula is C25H25BrO5. The first-order valence-corrected chi connectivity index (χ1v) is 10.9. The Balaban J connectivity index is 1.71. The van der Waals surface area contributed by atoms with Crippen LogP contribution in [0.2, 0.25) is 0 Å². The van der Waals surface area contributed by atoms with Crippen LogP contribution in [0.5, 0.6) is 0 Å². The standard InChI is InChI=1S/C25H25BrO5/c1-31-24(29)19-13-11-18(12-14-19)15-20-23(28)21(26)16-25(20,30)22(27)10-6-5-9-17-7-3-2-4-8-17/h2-4,7-8,11-16,22,27,30H,5-6,9-10H2,1H3/b20-15+/t22-,25-/m1/s1. The molecule has 6 heteroatoms. The van der Waals surface area contributed by atoms with E-state index in [-0.39, 0.29) is 15.8 Å². The molecule has 31 heavy (non-hydrogen) atoms. The van der Waals surface area contributed by atoms with Crippen LogP contribution in [0.1, 0.15) is 40.7 Å². The minimum absolute atomic E-state index is 0.0979. The first-order chi connectivity index (χ1) is 14.8. The minimum Gasteiger partial charge on any atom is -0.465 e. The summed E-state index contributed by atoms with van der Waals surface area (Å²) in [6.07, 6.45) is 4.60. The van der Waals surface area contributed by atoms with Crippen LogP contribution in [-0.2, 0) is 16.0 Å². The van der Waals surface area contributed by atoms with Gasteiger partial charge in [0.2, 0.25) is 0 Å². The van der Waals surface area contributed by atoms with Gasteiger partial charge in [0.1, 0.15) is 5.60 Å². The van der Waals surface area contributed by atoms with Gasteiger partial charge in [-0.15, -0.1) is 0 Å². The molecule has 0 spiro atoms. The summed E-state index contributed by atoms with van der Waals surface area (Å²) in [5, 5.41) is 22.0. The number of carbonyl (C=O) groups excluding carboxylic acids is 2. The van der Waals surface area contributed by atoms with Gasteiger partial charge in [0.25, 0.3) is 0 Å². The average molecular weight is 485 g/mol. The predicted octanol–water partition coefficient (Wildman–Crippen LogP) is 4.22. The van der Waals surface area contributed by atoms with Crippen molar-refractivity contribution < 1.29 is 24.5 Å². The number of Topliss-reactive ketones (excluding diaryl/α,β-unsaturated/α-hetero) is 1. The molecular weight excluding hydrogens is 460 g/mol. The van der Waals surface area contributed by atoms with E-state index < -0.39 is 17.7 Å². The van der Waals surface area contributed by atoms with Crippen LogP contribution in [0.25, 0.3) is 6.08 Å². The fourth-order valence-electron chi connectivity index (χ4n) is 3.64. The summed E-state index contributed by atoms with van der Waals surface area (Å²) in [5.74, 6) is -0.828. The van der Waals surface area contributed by atoms with Gasteiger partial charge in [-0.05, 0) is 70.6 Å². The lowest BCUT2D eigenvalue weighted by Gasteiger charge is -2.28. The van der Waals surface area contributed by atoms with Crippen molar-refractivity contribution >= 4 is 33.8 Å². The van der Waals surface area contributed by atoms with Gasteiger partial charge in [0.15, 0.2) is 5.78 Å². The van der Waals surface area contributed by atoms with Crippen LogP contribution >= 0.6 is 15.9 Å². The second kappa shape index (κ2) is 10.2. The Kier molecular flexibility index (Phi) is 7.59. The molecule has 2 atom stereocenters. The molecule has 162 valence electrons. The van der Waals surface area contributed by atoms with Crippen molar-refractivity contribution in [3.8, 4) is 0 Å². The molecule has 1 aliphatic carbocycles. The summed E-state index contributed by atoms with van der Waals surface area (Å²) in [5.41, 5.74) is 0.562. The van der Waals surface area contributed by atoms with Gasteiger partial charge in [0.05, 0.1) is 23.3 Å². The third-order valence-corrected chi connectivity index (χ3v) is 6.02. The van der Waals surface area contributed by atoms with E-state index in [0.29, 0.717) is 24.0 Å². The molecule has 0 radical (unpaired) electrons. The van der Waals surface area contributed by atoms with E-state index in [9.17, 15) is 19.8 Å². The molecule has 2 aromatic carbocycles. The number of aryl methyl sites for hydroxylation is 1. The summed E-state index contributed by atoms with van der Waals surface area (Å²) < 4.78 is 4.90. The predicted molar refractivity (Wildman–Crippen MR) is 123 cm³/mol. The number of hydrogen-bond acceptors (Lipinski definition) is 5. The normalized spacial score (nSPS) is 20.6. The zero-order valence-electron chi connectivity index (χ0n) is 17.3. The Labute approximate surface area is 190 Å². The van der Waals surface area contributed by atoms with Gasteiger partial charge >= 0.3 is 5.97 Å². The summed E-state index contributed by atoms with van der Waals surface area (Å²) in [6, 6.07) is 16.6. The number of unbranched alkanes of at least 4 members (excludes halogenated alkanes) is 1. The Hall–Kier alpha value is -2.54. The molecule has 0 fully saturated rings. The topological polar surface area (TPSA) is 83.8 Å². The highest BCUT2D eigenvalue weighted by molar-refractivity contribution is 9.12. The number of ketones is 1. The van der Waals surface area contributed by atoms with Crippen LogP contribution < -0.4 is 0 Å². The number of methoxy groups -OCH3 is 1. The quantitative estimate of drug-likeness (QED) is 0.332. The highest BCUT2D eigenvalue weighted by atomic mass is 79.9. The molecule has 2 N–H and O–H groups in total. The lowest BCUT2D eigenvalue weighted by molar-refractivity contribution is -0.113. The first-order valence-electron chi connectivity index (χ1n) is 10.1. The van der Waals surface area contributed by atoms with Crippen molar-refractivity contribution in [2.45, 2.75) is 37.4 Å². The maximum Gasteiger partial charge on any atom is 0.337 e. The van der Waals surface area contributed by atoms with Gasteiger partial charge in [0, 0.05) is 5.57 Å². The van der Waals surface area contributed by atoms with Crippen molar-refractivity contribution in [1.29, 1.82) is 0 Å². The zero-order chi connectivity index (χ0) is 22.4. The Morgan fingerprint density at radius 1 is 1.13 bits per heavy atom. The molecule has 0 bridgehead atoms. The minimum atomic E-state index is -1.77. The van der Waals surface area contributed by atoms with Gasteiger partial charge in [-0.2, -0.15) is 0 Å². The van der Waals surface area contributed by atoms with Crippen LogP contribution in [0, 0.1) is 0 Å². The van der Waals surface area contributed by atoms with Crippen molar-refractivity contribution in [3.05, 3.63) is 87.4 Å². The number of aliphatic hydroxyl groups excluding tert-OH is 1. The monoisotopic (exact) mass is 484 g/mol. The zero-order valence-corrected chi connectivity index (χ0v) is 18.8. The van der Waals surface area contributed by atoms with Crippen LogP contribution in [-0.4, -0.2) is 40.8 Å². The molecule has 1 aliphatic rings. The largest absolute Gasteiger partial charge is 0.465 e. The average Bonchev–Trinajstić information content (AvgIpc) is 3.01. The molecule has 0 unspecified atom stereocenters. The highest BCUT2D eigenvalue weighted by Crippen LogP contribution is 2.38. The Bertz CT molecular complexity index is 994. The summed E-state index contributed by atoms with van der Waals surface area (Å²) in [7, 11) is 1.31. The van der Waals surface area contributed by atoms with E-state index in [0.717, 1.165) is 12.8 Å². The maximum absolute atomic E-state index is 12.6. The number of ether oxygens (including phenoxy) is 1. The molecule has 2 aromatic rings. The van der Waals surface area contributed by atoms with E-state index in [1.165, 1.54) is 18.7 Å². The number of esters is 1. The van der Waals surface area contributed by atoms with Crippen LogP contribution in [0.15, 0.2) is 70.7 Å². The summed E-state index contributed by atoms with van der Waals surface area (Å²) >= 11 is 3.19. The summed E-state index contributed by atoms with van der Waals surface area (Å²) in [6.45, 7) is 0. The lowest BCUT2D eigenvalue weighted by Crippen LogP contribution is -2.41. The maximum atomic E-state index is 12.6. The third-order valence-electron chi connectivity index (χ3n) is 5.43. The van der Waals surface area contributed by atoms with E-state index in [1.807, 2.05) is 18.2 Å². The fraction of sp³-hybridized carbons (Fsp3) is 0.280. The number of aliphatic hydroxyl groups is 2. The first kappa shape index (κ1) is 23.1. The van der Waals surface area contributed by atoms with Crippen molar-refractivity contribution in [2.75, 3.05) is 7.11 Å². The molecule has 3 rings (SSSR count). The lowest BCUT2D eigenvalue weighted by atomic mass is 9.86. The molecule has 0 amide bonds. The van der Waals surface area contributed by atoms with Gasteiger partial charge < -0.3 is 14.9 Å². The van der Waals surface area contributed by atoms with Crippen LogP contribution in [0.3, 0.4) is 0 Å². The Morgan fingerprint density at radius 2 is 1.81 bits per heavy atom. The Morgan fingerprint density at radius 3 is 2.45 bits per heavy atom. The number of hydrogen-bond donors (Lipinski definition) is 2. The van der Waals surface area contributed by atoms with Crippen LogP contribution in [0.4, 0.5) is 0 Å². The molecule has 0 aromatic heterocycles. The van der Waals surface area contributed by atoms with E-state index in [1.54, 1.807) is 30.3 Å². The summed E-state index contributed by atoms with van der Waals surface area (Å²) in [4.78, 5) is 24.2. The highest BCUT2D eigenvalue weighted by Gasteiger charge is 2.46. The molecule has 0 saturated heterocycles. The van der Waals surface area contributed by atoms with Crippen molar-refractivity contribution in [3.63, 3.8) is 0 Å². The molecule has 0 aliphatic heterocycles. The smallest absolute Gasteiger partial charge is 0.337 e. The number of carbonyl (C=O) groups is 2. The number of halogens is 1. The van der Waals surface area contributed by atoms with E-state index in [2.05, 4.69) is 32.8 Å². The second-order valence-corrected chi connectivity index (χ2v) is 8.42. The molecule has 0 saturated carbocycles. The third kappa shape index (κ3) is 5.39.